The van der Waals surface area contributed by atoms with Crippen molar-refractivity contribution >= 4 is 17.4 Å². The summed E-state index contributed by atoms with van der Waals surface area (Å²) >= 11 is 0. The van der Waals surface area contributed by atoms with E-state index in [1.165, 1.54) is 0 Å². The van der Waals surface area contributed by atoms with Gasteiger partial charge in [-0.15, -0.1) is 0 Å². The second-order valence-electron chi connectivity index (χ2n) is 9.23. The average Bonchev–Trinajstić information content (AvgIpc) is 3.15. The Bertz CT molecular complexity index is 1100. The molecule has 1 atom stereocenters. The molecule has 37 heavy (non-hydrogen) atoms. The normalized spacial score (nSPS) is 17.0. The third-order valence-corrected chi connectivity index (χ3v) is 6.37. The number of hydrogen-bond donors (Lipinski definition) is 1. The van der Waals surface area contributed by atoms with Crippen LogP contribution >= 0.6 is 0 Å². The van der Waals surface area contributed by atoms with Crippen LogP contribution in [0, 0.1) is 0 Å². The lowest BCUT2D eigenvalue weighted by Gasteiger charge is -2.27. The maximum absolute atomic E-state index is 13.3. The molecular weight excluding hydrogens is 468 g/mol. The summed E-state index contributed by atoms with van der Waals surface area (Å²) in [4.78, 5) is 30.3. The van der Waals surface area contributed by atoms with Crippen LogP contribution in [0.2, 0.25) is 0 Å². The predicted octanol–water partition coefficient (Wildman–Crippen LogP) is 5.19. The molecule has 0 unspecified atom stereocenters. The highest BCUT2D eigenvalue weighted by Crippen LogP contribution is 2.40. The van der Waals surface area contributed by atoms with E-state index in [1.54, 1.807) is 47.4 Å². The van der Waals surface area contributed by atoms with Crippen molar-refractivity contribution in [3.8, 4) is 11.5 Å². The van der Waals surface area contributed by atoms with E-state index in [1.807, 2.05) is 26.0 Å². The van der Waals surface area contributed by atoms with Gasteiger partial charge in [0.15, 0.2) is 0 Å². The number of amides is 1. The molecule has 1 amide bonds. The molecule has 0 aromatic heterocycles. The van der Waals surface area contributed by atoms with E-state index >= 15 is 0 Å². The first-order chi connectivity index (χ1) is 17.8. The summed E-state index contributed by atoms with van der Waals surface area (Å²) in [6.07, 6.45) is 2.39. The van der Waals surface area contributed by atoms with Gasteiger partial charge in [0.1, 0.15) is 23.9 Å². The van der Waals surface area contributed by atoms with Crippen LogP contribution in [0.3, 0.4) is 0 Å². The van der Waals surface area contributed by atoms with E-state index in [0.29, 0.717) is 36.6 Å². The van der Waals surface area contributed by atoms with Crippen LogP contribution in [-0.4, -0.2) is 65.5 Å². The summed E-state index contributed by atoms with van der Waals surface area (Å²) in [5.41, 5.74) is 1.27. The molecule has 198 valence electrons. The molecule has 7 heteroatoms. The number of nitrogens with zero attached hydrogens (tertiary/aromatic N) is 2. The maximum Gasteiger partial charge on any atom is 0.295 e. The Morgan fingerprint density at radius 3 is 2.24 bits per heavy atom. The molecule has 0 bridgehead atoms. The van der Waals surface area contributed by atoms with Crippen molar-refractivity contribution in [2.24, 2.45) is 0 Å². The van der Waals surface area contributed by atoms with Crippen molar-refractivity contribution in [3.63, 3.8) is 0 Å². The van der Waals surface area contributed by atoms with Gasteiger partial charge in [0.05, 0.1) is 17.7 Å². The van der Waals surface area contributed by atoms with Crippen LogP contribution in [-0.2, 0) is 9.59 Å². The van der Waals surface area contributed by atoms with Gasteiger partial charge in [-0.1, -0.05) is 38.6 Å². The Morgan fingerprint density at radius 2 is 1.68 bits per heavy atom. The molecule has 7 nitrogen and oxygen atoms in total. The van der Waals surface area contributed by atoms with Crippen molar-refractivity contribution in [2.45, 2.75) is 46.3 Å². The molecule has 1 N–H and O–H groups in total. The maximum atomic E-state index is 13.3. The van der Waals surface area contributed by atoms with Crippen LogP contribution in [0.25, 0.3) is 5.76 Å². The SMILES string of the molecule is C=CCOc1ccc([C@H]2/C(=C(\O)c3ccc(OC(C)C)cc3)C(=O)C(=O)N2CCCN(CC)CC)cc1. The number of ether oxygens (including phenoxy) is 2. The number of ketones is 1. The number of likely N-dealkylation sites (tertiary alicyclic amines) is 1. The Hall–Kier alpha value is -3.58. The first kappa shape index (κ1) is 28.0. The van der Waals surface area contributed by atoms with Gasteiger partial charge in [-0.05, 0) is 81.9 Å². The van der Waals surface area contributed by atoms with Gasteiger partial charge in [-0.3, -0.25) is 9.59 Å². The molecule has 1 fully saturated rings. The molecule has 0 saturated carbocycles. The van der Waals surface area contributed by atoms with Crippen LogP contribution in [0.15, 0.2) is 66.8 Å². The van der Waals surface area contributed by atoms with Gasteiger partial charge in [0, 0.05) is 12.1 Å². The van der Waals surface area contributed by atoms with Crippen LogP contribution in [0.4, 0.5) is 0 Å². The zero-order chi connectivity index (χ0) is 26.9. The number of carbonyl (C=O) groups is 2. The van der Waals surface area contributed by atoms with Gasteiger partial charge in [0.25, 0.3) is 11.7 Å². The topological polar surface area (TPSA) is 79.3 Å². The summed E-state index contributed by atoms with van der Waals surface area (Å²) < 4.78 is 11.3. The van der Waals surface area contributed by atoms with Gasteiger partial charge in [-0.2, -0.15) is 0 Å². The molecule has 0 aliphatic carbocycles. The molecule has 1 saturated heterocycles. The summed E-state index contributed by atoms with van der Waals surface area (Å²) in [6, 6.07) is 13.5. The lowest BCUT2D eigenvalue weighted by molar-refractivity contribution is -0.140. The minimum atomic E-state index is -0.697. The van der Waals surface area contributed by atoms with Crippen molar-refractivity contribution in [3.05, 3.63) is 77.9 Å². The van der Waals surface area contributed by atoms with Gasteiger partial charge < -0.3 is 24.4 Å². The van der Waals surface area contributed by atoms with E-state index in [0.717, 1.165) is 25.2 Å². The molecule has 1 heterocycles. The van der Waals surface area contributed by atoms with E-state index in [4.69, 9.17) is 9.47 Å². The van der Waals surface area contributed by atoms with Gasteiger partial charge >= 0.3 is 0 Å². The number of aliphatic hydroxyl groups is 1. The summed E-state index contributed by atoms with van der Waals surface area (Å²) in [7, 11) is 0. The standard InChI is InChI=1S/C30H38N2O5/c1-6-20-36-24-14-10-22(11-15-24)27-26(28(33)23-12-16-25(17-13-23)37-21(4)5)29(34)30(35)32(27)19-9-18-31(7-2)8-3/h6,10-17,21,27,33H,1,7-9,18-20H2,2-5H3/b28-26+/t27-/m0/s1. The predicted molar refractivity (Wildman–Crippen MR) is 146 cm³/mol. The Balaban J connectivity index is 1.99. The number of carbonyl (C=O) groups excluding carboxylic acids is 2. The monoisotopic (exact) mass is 506 g/mol. The van der Waals surface area contributed by atoms with Crippen molar-refractivity contribution in [1.82, 2.24) is 9.80 Å². The Morgan fingerprint density at radius 1 is 1.05 bits per heavy atom. The van der Waals surface area contributed by atoms with Crippen LogP contribution < -0.4 is 9.47 Å². The fourth-order valence-corrected chi connectivity index (χ4v) is 4.48. The largest absolute Gasteiger partial charge is 0.507 e. The molecule has 0 spiro atoms. The highest BCUT2D eigenvalue weighted by molar-refractivity contribution is 6.46. The molecule has 1 aliphatic heterocycles. The molecule has 2 aromatic carbocycles. The zero-order valence-electron chi connectivity index (χ0n) is 22.3. The number of rotatable bonds is 13. The van der Waals surface area contributed by atoms with Crippen molar-refractivity contribution in [1.29, 1.82) is 0 Å². The first-order valence-electron chi connectivity index (χ1n) is 12.9. The summed E-state index contributed by atoms with van der Waals surface area (Å²) in [5.74, 6) is -0.159. The quantitative estimate of drug-likeness (QED) is 0.174. The van der Waals surface area contributed by atoms with Crippen LogP contribution in [0.5, 0.6) is 11.5 Å². The Kier molecular flexibility index (Phi) is 9.92. The number of aliphatic hydroxyl groups excluding tert-OH is 1. The number of benzene rings is 2. The fraction of sp³-hybridized carbons (Fsp3) is 0.400. The average molecular weight is 507 g/mol. The van der Waals surface area contributed by atoms with E-state index in [-0.39, 0.29) is 17.4 Å². The van der Waals surface area contributed by atoms with Crippen molar-refractivity contribution < 1.29 is 24.2 Å². The smallest absolute Gasteiger partial charge is 0.295 e. The number of Topliss-reactive ketones (excluding diaryl/α,β-unsaturated/α-hetero) is 1. The molecular formula is C30H38N2O5. The third kappa shape index (κ3) is 6.80. The van der Waals surface area contributed by atoms with Crippen LogP contribution in [0.1, 0.15) is 51.3 Å². The van der Waals surface area contributed by atoms with E-state index < -0.39 is 17.7 Å². The third-order valence-electron chi connectivity index (χ3n) is 6.37. The molecule has 3 rings (SSSR count). The second-order valence-corrected chi connectivity index (χ2v) is 9.23. The lowest BCUT2D eigenvalue weighted by atomic mass is 9.95. The minimum Gasteiger partial charge on any atom is -0.507 e. The van der Waals surface area contributed by atoms with Gasteiger partial charge in [0.2, 0.25) is 0 Å². The summed E-state index contributed by atoms with van der Waals surface area (Å²) in [6.45, 7) is 15.2. The zero-order valence-corrected chi connectivity index (χ0v) is 22.3. The Labute approximate surface area is 220 Å². The van der Waals surface area contributed by atoms with Gasteiger partial charge in [-0.25, -0.2) is 0 Å². The highest BCUT2D eigenvalue weighted by Gasteiger charge is 2.45. The van der Waals surface area contributed by atoms with E-state index in [9.17, 15) is 14.7 Å². The molecule has 0 radical (unpaired) electrons. The number of hydrogen-bond acceptors (Lipinski definition) is 6. The molecule has 2 aromatic rings. The second kappa shape index (κ2) is 13.1. The van der Waals surface area contributed by atoms with E-state index in [2.05, 4.69) is 25.3 Å². The molecule has 1 aliphatic rings. The fourth-order valence-electron chi connectivity index (χ4n) is 4.48. The van der Waals surface area contributed by atoms with Crippen molar-refractivity contribution in [2.75, 3.05) is 32.8 Å². The summed E-state index contributed by atoms with van der Waals surface area (Å²) in [5, 5.41) is 11.3. The first-order valence-corrected chi connectivity index (χ1v) is 12.9. The lowest BCUT2D eigenvalue weighted by Crippen LogP contribution is -2.33. The minimum absolute atomic E-state index is 0.0135. The highest BCUT2D eigenvalue weighted by atomic mass is 16.5.